The van der Waals surface area contributed by atoms with E-state index in [0.29, 0.717) is 6.61 Å². The molecule has 0 unspecified atom stereocenters. The molecule has 0 radical (unpaired) electrons. The lowest BCUT2D eigenvalue weighted by molar-refractivity contribution is 0.0895. The summed E-state index contributed by atoms with van der Waals surface area (Å²) in [6.07, 6.45) is 9.20. The van der Waals surface area contributed by atoms with E-state index in [-0.39, 0.29) is 6.61 Å². The van der Waals surface area contributed by atoms with Crippen LogP contribution in [0.1, 0.15) is 51.9 Å². The van der Waals surface area contributed by atoms with Gasteiger partial charge in [0.15, 0.2) is 0 Å². The Morgan fingerprint density at radius 3 is 2.08 bits per heavy atom. The van der Waals surface area contributed by atoms with Crippen LogP contribution >= 0.6 is 0 Å². The van der Waals surface area contributed by atoms with Crippen molar-refractivity contribution in [2.45, 2.75) is 51.9 Å². The Morgan fingerprint density at radius 1 is 0.846 bits per heavy atom. The van der Waals surface area contributed by atoms with E-state index in [9.17, 15) is 0 Å². The van der Waals surface area contributed by atoms with Crippen LogP contribution in [0, 0.1) is 0 Å². The first kappa shape index (κ1) is 12.9. The first-order valence-corrected chi connectivity index (χ1v) is 5.60. The van der Waals surface area contributed by atoms with Crippen molar-refractivity contribution in [1.82, 2.24) is 0 Å². The lowest BCUT2D eigenvalue weighted by atomic mass is 10.1. The highest BCUT2D eigenvalue weighted by molar-refractivity contribution is 4.44. The van der Waals surface area contributed by atoms with Gasteiger partial charge < -0.3 is 9.84 Å². The highest BCUT2D eigenvalue weighted by Gasteiger charge is 1.90. The molecule has 0 saturated carbocycles. The van der Waals surface area contributed by atoms with E-state index >= 15 is 0 Å². The third-order valence-corrected chi connectivity index (χ3v) is 2.13. The molecule has 13 heavy (non-hydrogen) atoms. The van der Waals surface area contributed by atoms with Gasteiger partial charge >= 0.3 is 0 Å². The molecule has 0 amide bonds. The standard InChI is InChI=1S/C11H24O2/c1-2-3-4-5-6-7-8-10-13-11-9-12/h12H,2-11H2,1H3. The summed E-state index contributed by atoms with van der Waals surface area (Å²) in [7, 11) is 0. The fraction of sp³-hybridized carbons (Fsp3) is 1.00. The summed E-state index contributed by atoms with van der Waals surface area (Å²) in [5, 5.41) is 8.44. The summed E-state index contributed by atoms with van der Waals surface area (Å²) >= 11 is 0. The predicted molar refractivity (Wildman–Crippen MR) is 55.9 cm³/mol. The molecular formula is C11H24O2. The van der Waals surface area contributed by atoms with Crippen LogP contribution in [0.25, 0.3) is 0 Å². The Morgan fingerprint density at radius 2 is 1.46 bits per heavy atom. The molecule has 0 saturated heterocycles. The smallest absolute Gasteiger partial charge is 0.0697 e. The topological polar surface area (TPSA) is 29.5 Å². The van der Waals surface area contributed by atoms with Crippen molar-refractivity contribution >= 4 is 0 Å². The predicted octanol–water partition coefficient (Wildman–Crippen LogP) is 2.75. The van der Waals surface area contributed by atoms with Gasteiger partial charge in [0.2, 0.25) is 0 Å². The van der Waals surface area contributed by atoms with Gasteiger partial charge in [-0.25, -0.2) is 0 Å². The Labute approximate surface area is 82.3 Å². The molecule has 0 atom stereocenters. The van der Waals surface area contributed by atoms with Gasteiger partial charge in [0.05, 0.1) is 13.2 Å². The maximum atomic E-state index is 8.44. The van der Waals surface area contributed by atoms with Gasteiger partial charge in [-0.15, -0.1) is 0 Å². The van der Waals surface area contributed by atoms with Crippen molar-refractivity contribution in [2.24, 2.45) is 0 Å². The van der Waals surface area contributed by atoms with Crippen LogP contribution in [-0.4, -0.2) is 24.9 Å². The molecule has 0 rings (SSSR count). The fourth-order valence-corrected chi connectivity index (χ4v) is 1.33. The maximum Gasteiger partial charge on any atom is 0.0697 e. The maximum absolute atomic E-state index is 8.44. The van der Waals surface area contributed by atoms with E-state index in [1.807, 2.05) is 0 Å². The average molecular weight is 188 g/mol. The van der Waals surface area contributed by atoms with Crippen LogP contribution in [0.3, 0.4) is 0 Å². The second kappa shape index (κ2) is 11.9. The zero-order valence-corrected chi connectivity index (χ0v) is 8.93. The monoisotopic (exact) mass is 188 g/mol. The van der Waals surface area contributed by atoms with Crippen molar-refractivity contribution in [3.63, 3.8) is 0 Å². The Hall–Kier alpha value is -0.0800. The van der Waals surface area contributed by atoms with Crippen molar-refractivity contribution in [3.05, 3.63) is 0 Å². The van der Waals surface area contributed by atoms with Crippen LogP contribution in [0.5, 0.6) is 0 Å². The van der Waals surface area contributed by atoms with E-state index in [0.717, 1.165) is 13.0 Å². The van der Waals surface area contributed by atoms with Gasteiger partial charge in [0, 0.05) is 6.61 Å². The van der Waals surface area contributed by atoms with Crippen LogP contribution in [0.4, 0.5) is 0 Å². The number of ether oxygens (including phenoxy) is 1. The third-order valence-electron chi connectivity index (χ3n) is 2.13. The number of hydrogen-bond donors (Lipinski definition) is 1. The molecule has 2 heteroatoms. The van der Waals surface area contributed by atoms with Gasteiger partial charge in [-0.1, -0.05) is 45.4 Å². The zero-order chi connectivity index (χ0) is 9.78. The number of aliphatic hydroxyl groups is 1. The van der Waals surface area contributed by atoms with E-state index in [1.54, 1.807) is 0 Å². The summed E-state index contributed by atoms with van der Waals surface area (Å²) < 4.78 is 5.16. The first-order chi connectivity index (χ1) is 6.41. The second-order valence-electron chi connectivity index (χ2n) is 3.46. The molecule has 0 aliphatic rings. The van der Waals surface area contributed by atoms with Gasteiger partial charge in [-0.2, -0.15) is 0 Å². The van der Waals surface area contributed by atoms with Crippen molar-refractivity contribution in [2.75, 3.05) is 19.8 Å². The quantitative estimate of drug-likeness (QED) is 0.534. The Bertz CT molecular complexity index is 74.2. The van der Waals surface area contributed by atoms with E-state index < -0.39 is 0 Å². The Kier molecular flexibility index (Phi) is 11.8. The minimum Gasteiger partial charge on any atom is -0.394 e. The number of aliphatic hydroxyl groups excluding tert-OH is 1. The van der Waals surface area contributed by atoms with Crippen LogP contribution in [-0.2, 0) is 4.74 Å². The molecule has 1 N–H and O–H groups in total. The number of rotatable bonds is 10. The average Bonchev–Trinajstić information content (AvgIpc) is 2.16. The first-order valence-electron chi connectivity index (χ1n) is 5.60. The SMILES string of the molecule is CCCCCCCCCOCCO. The summed E-state index contributed by atoms with van der Waals surface area (Å²) in [4.78, 5) is 0. The van der Waals surface area contributed by atoms with Gasteiger partial charge in [0.1, 0.15) is 0 Å². The van der Waals surface area contributed by atoms with E-state index in [4.69, 9.17) is 9.84 Å². The summed E-state index contributed by atoms with van der Waals surface area (Å²) in [6, 6.07) is 0. The van der Waals surface area contributed by atoms with Crippen molar-refractivity contribution < 1.29 is 9.84 Å². The fourth-order valence-electron chi connectivity index (χ4n) is 1.33. The van der Waals surface area contributed by atoms with Crippen LogP contribution in [0.2, 0.25) is 0 Å². The molecule has 0 aliphatic carbocycles. The summed E-state index contributed by atoms with van der Waals surface area (Å²) in [5.41, 5.74) is 0. The molecule has 0 bridgehead atoms. The Balaban J connectivity index is 2.76. The van der Waals surface area contributed by atoms with Gasteiger partial charge in [-0.05, 0) is 6.42 Å². The van der Waals surface area contributed by atoms with Crippen molar-refractivity contribution in [1.29, 1.82) is 0 Å². The number of unbranched alkanes of at least 4 members (excludes halogenated alkanes) is 6. The van der Waals surface area contributed by atoms with Crippen LogP contribution in [0.15, 0.2) is 0 Å². The molecule has 0 spiro atoms. The van der Waals surface area contributed by atoms with Crippen molar-refractivity contribution in [3.8, 4) is 0 Å². The largest absolute Gasteiger partial charge is 0.394 e. The third kappa shape index (κ3) is 11.9. The number of hydrogen-bond acceptors (Lipinski definition) is 2. The molecule has 0 aliphatic heterocycles. The molecule has 0 fully saturated rings. The molecule has 0 aromatic rings. The molecular weight excluding hydrogens is 164 g/mol. The van der Waals surface area contributed by atoms with E-state index in [1.165, 1.54) is 38.5 Å². The minimum absolute atomic E-state index is 0.149. The lowest BCUT2D eigenvalue weighted by Crippen LogP contribution is -2.00. The zero-order valence-electron chi connectivity index (χ0n) is 8.93. The molecule has 80 valence electrons. The molecule has 0 aromatic heterocycles. The highest BCUT2D eigenvalue weighted by atomic mass is 16.5. The highest BCUT2D eigenvalue weighted by Crippen LogP contribution is 2.06. The lowest BCUT2D eigenvalue weighted by Gasteiger charge is -2.02. The summed E-state index contributed by atoms with van der Waals surface area (Å²) in [6.45, 7) is 3.70. The van der Waals surface area contributed by atoms with Gasteiger partial charge in [-0.3, -0.25) is 0 Å². The molecule has 0 heterocycles. The van der Waals surface area contributed by atoms with Crippen LogP contribution < -0.4 is 0 Å². The second-order valence-corrected chi connectivity index (χ2v) is 3.46. The van der Waals surface area contributed by atoms with E-state index in [2.05, 4.69) is 6.92 Å². The normalized spacial score (nSPS) is 10.6. The molecule has 2 nitrogen and oxygen atoms in total. The van der Waals surface area contributed by atoms with Gasteiger partial charge in [0.25, 0.3) is 0 Å². The molecule has 0 aromatic carbocycles. The minimum atomic E-state index is 0.149. The summed E-state index contributed by atoms with van der Waals surface area (Å²) in [5.74, 6) is 0.